The van der Waals surface area contributed by atoms with Gasteiger partial charge in [-0.1, -0.05) is 0 Å². The molecule has 2 N–H and O–H groups in total. The lowest BCUT2D eigenvalue weighted by atomic mass is 10.1. The van der Waals surface area contributed by atoms with Crippen molar-refractivity contribution >= 4 is 23.5 Å². The molecule has 0 unspecified atom stereocenters. The van der Waals surface area contributed by atoms with E-state index in [-0.39, 0.29) is 11.8 Å². The molecule has 7 nitrogen and oxygen atoms in total. The number of aryl methyl sites for hydroxylation is 1. The molecule has 0 aliphatic carbocycles. The summed E-state index contributed by atoms with van der Waals surface area (Å²) in [4.78, 5) is 14.2. The summed E-state index contributed by atoms with van der Waals surface area (Å²) < 4.78 is 2.23. The van der Waals surface area contributed by atoms with E-state index in [1.807, 2.05) is 21.0 Å². The lowest BCUT2D eigenvalue weighted by molar-refractivity contribution is 0.574. The van der Waals surface area contributed by atoms with Gasteiger partial charge in [0.1, 0.15) is 6.07 Å². The smallest absolute Gasteiger partial charge is 0.230 e. The number of anilines is 2. The maximum absolute atomic E-state index is 9.56. The minimum Gasteiger partial charge on any atom is -0.368 e. The quantitative estimate of drug-likeness (QED) is 0.868. The topological polar surface area (TPSA) is 96.7 Å². The number of nitrogens with two attached hydrogens (primary N) is 1. The van der Waals surface area contributed by atoms with E-state index in [1.165, 1.54) is 0 Å². The first-order valence-electron chi connectivity index (χ1n) is 7.74. The summed E-state index contributed by atoms with van der Waals surface area (Å²) in [6.07, 6.45) is 1.80. The Morgan fingerprint density at radius 2 is 1.96 bits per heavy atom. The van der Waals surface area contributed by atoms with Gasteiger partial charge in [0.2, 0.25) is 11.9 Å². The summed E-state index contributed by atoms with van der Waals surface area (Å²) in [6.45, 7) is 8.37. The maximum Gasteiger partial charge on any atom is 0.230 e. The Morgan fingerprint density at radius 1 is 1.29 bits per heavy atom. The van der Waals surface area contributed by atoms with Crippen LogP contribution in [0.25, 0.3) is 11.6 Å². The molecule has 0 bridgehead atoms. The molecule has 0 spiro atoms. The van der Waals surface area contributed by atoms with Gasteiger partial charge in [0.25, 0.3) is 0 Å². The molecule has 126 valence electrons. The third-order valence-corrected chi connectivity index (χ3v) is 3.74. The Kier molecular flexibility index (Phi) is 4.88. The minimum atomic E-state index is 0.0949. The molecular weight excluding hydrogens is 302 g/mol. The SMILES string of the molecule is Cc1cc(/C=C(\C#N)c2nc(N)nc(N(C)C)n2)c(C)n1C(C)C. The fourth-order valence-corrected chi connectivity index (χ4v) is 2.75. The number of nitriles is 1. The van der Waals surface area contributed by atoms with Crippen LogP contribution in [0.4, 0.5) is 11.9 Å². The Morgan fingerprint density at radius 3 is 2.46 bits per heavy atom. The molecule has 0 aromatic carbocycles. The highest BCUT2D eigenvalue weighted by atomic mass is 15.3. The Hall–Kier alpha value is -2.88. The maximum atomic E-state index is 9.56. The minimum absolute atomic E-state index is 0.0949. The molecule has 0 radical (unpaired) electrons. The molecule has 0 aliphatic heterocycles. The number of nitrogen functional groups attached to an aromatic ring is 1. The van der Waals surface area contributed by atoms with Gasteiger partial charge in [-0.2, -0.15) is 20.2 Å². The lowest BCUT2D eigenvalue weighted by Crippen LogP contribution is -2.15. The first kappa shape index (κ1) is 17.5. The van der Waals surface area contributed by atoms with Crippen LogP contribution in [0, 0.1) is 25.2 Å². The van der Waals surface area contributed by atoms with E-state index in [4.69, 9.17) is 5.73 Å². The van der Waals surface area contributed by atoms with Gasteiger partial charge in [-0.25, -0.2) is 0 Å². The molecule has 2 aromatic heterocycles. The van der Waals surface area contributed by atoms with Crippen LogP contribution in [0.1, 0.15) is 42.7 Å². The van der Waals surface area contributed by atoms with Gasteiger partial charge in [0.05, 0.1) is 5.57 Å². The molecule has 24 heavy (non-hydrogen) atoms. The van der Waals surface area contributed by atoms with Crippen LogP contribution >= 0.6 is 0 Å². The Balaban J connectivity index is 2.56. The zero-order chi connectivity index (χ0) is 18.0. The standard InChI is InChI=1S/C17H23N7/c1-10(2)24-11(3)7-13(12(24)4)8-14(9-18)15-20-16(19)22-17(21-15)23(5)6/h7-8,10H,1-6H3,(H2,19,20,21,22)/b14-8+. The third kappa shape index (κ3) is 3.38. The lowest BCUT2D eigenvalue weighted by Gasteiger charge is -2.13. The largest absolute Gasteiger partial charge is 0.368 e. The van der Waals surface area contributed by atoms with Crippen LogP contribution in [-0.2, 0) is 0 Å². The van der Waals surface area contributed by atoms with Gasteiger partial charge >= 0.3 is 0 Å². The third-order valence-electron chi connectivity index (χ3n) is 3.74. The van der Waals surface area contributed by atoms with E-state index in [0.717, 1.165) is 17.0 Å². The second kappa shape index (κ2) is 6.71. The molecule has 0 aliphatic rings. The van der Waals surface area contributed by atoms with E-state index in [0.29, 0.717) is 17.6 Å². The number of aromatic nitrogens is 4. The fraction of sp³-hybridized carbons (Fsp3) is 0.412. The highest BCUT2D eigenvalue weighted by Gasteiger charge is 2.14. The summed E-state index contributed by atoms with van der Waals surface area (Å²) in [5, 5.41) is 9.56. The average molecular weight is 325 g/mol. The van der Waals surface area contributed by atoms with Crippen molar-refractivity contribution in [2.24, 2.45) is 0 Å². The van der Waals surface area contributed by atoms with E-state index in [9.17, 15) is 5.26 Å². The molecule has 0 saturated carbocycles. The summed E-state index contributed by atoms with van der Waals surface area (Å²) in [6, 6.07) is 4.58. The first-order valence-corrected chi connectivity index (χ1v) is 7.74. The number of hydrogen-bond acceptors (Lipinski definition) is 6. The summed E-state index contributed by atoms with van der Waals surface area (Å²) >= 11 is 0. The fourth-order valence-electron chi connectivity index (χ4n) is 2.75. The van der Waals surface area contributed by atoms with Crippen LogP contribution in [-0.4, -0.2) is 33.6 Å². The molecule has 0 fully saturated rings. The normalized spacial score (nSPS) is 11.7. The van der Waals surface area contributed by atoms with Crippen LogP contribution in [0.5, 0.6) is 0 Å². The zero-order valence-corrected chi connectivity index (χ0v) is 15.0. The highest BCUT2D eigenvalue weighted by molar-refractivity contribution is 5.88. The second-order valence-electron chi connectivity index (χ2n) is 6.17. The predicted octanol–water partition coefficient (Wildman–Crippen LogP) is 2.58. The number of hydrogen-bond donors (Lipinski definition) is 1. The summed E-state index contributed by atoms with van der Waals surface area (Å²) in [7, 11) is 3.62. The molecule has 7 heteroatoms. The molecule has 0 amide bonds. The molecule has 0 saturated heterocycles. The van der Waals surface area contributed by atoms with E-state index in [1.54, 1.807) is 11.0 Å². The number of nitrogens with zero attached hydrogens (tertiary/aromatic N) is 6. The van der Waals surface area contributed by atoms with E-state index in [2.05, 4.69) is 52.4 Å². The van der Waals surface area contributed by atoms with Crippen molar-refractivity contribution in [3.8, 4) is 6.07 Å². The van der Waals surface area contributed by atoms with Crippen molar-refractivity contribution in [1.29, 1.82) is 5.26 Å². The van der Waals surface area contributed by atoms with Crippen LogP contribution in [0.15, 0.2) is 6.07 Å². The van der Waals surface area contributed by atoms with Gasteiger partial charge in [0, 0.05) is 31.5 Å². The Bertz CT molecular complexity index is 822. The number of rotatable bonds is 4. The van der Waals surface area contributed by atoms with Gasteiger partial charge in [-0.15, -0.1) is 0 Å². The Labute approximate surface area is 142 Å². The van der Waals surface area contributed by atoms with Crippen molar-refractivity contribution in [1.82, 2.24) is 19.5 Å². The van der Waals surface area contributed by atoms with Gasteiger partial charge in [-0.3, -0.25) is 0 Å². The molecule has 0 atom stereocenters. The van der Waals surface area contributed by atoms with Crippen LogP contribution in [0.3, 0.4) is 0 Å². The molecule has 2 aromatic rings. The van der Waals surface area contributed by atoms with Crippen molar-refractivity contribution in [2.75, 3.05) is 24.7 Å². The summed E-state index contributed by atoms with van der Waals surface area (Å²) in [5.41, 5.74) is 9.33. The van der Waals surface area contributed by atoms with Crippen molar-refractivity contribution in [3.63, 3.8) is 0 Å². The zero-order valence-electron chi connectivity index (χ0n) is 15.0. The molecule has 2 rings (SSSR count). The second-order valence-corrected chi connectivity index (χ2v) is 6.17. The monoisotopic (exact) mass is 325 g/mol. The van der Waals surface area contributed by atoms with Gasteiger partial charge in [-0.05, 0) is 45.4 Å². The van der Waals surface area contributed by atoms with Crippen molar-refractivity contribution in [2.45, 2.75) is 33.7 Å². The van der Waals surface area contributed by atoms with Crippen molar-refractivity contribution < 1.29 is 0 Å². The van der Waals surface area contributed by atoms with E-state index < -0.39 is 0 Å². The molecular formula is C17H23N7. The van der Waals surface area contributed by atoms with Gasteiger partial charge < -0.3 is 15.2 Å². The van der Waals surface area contributed by atoms with Crippen LogP contribution in [0.2, 0.25) is 0 Å². The van der Waals surface area contributed by atoms with Gasteiger partial charge in [0.15, 0.2) is 5.82 Å². The first-order chi connectivity index (χ1) is 11.2. The highest BCUT2D eigenvalue weighted by Crippen LogP contribution is 2.24. The van der Waals surface area contributed by atoms with E-state index >= 15 is 0 Å². The van der Waals surface area contributed by atoms with Crippen molar-refractivity contribution in [3.05, 3.63) is 28.8 Å². The predicted molar refractivity (Wildman–Crippen MR) is 96.3 cm³/mol. The van der Waals surface area contributed by atoms with Crippen LogP contribution < -0.4 is 10.6 Å². The number of allylic oxidation sites excluding steroid dienone is 1. The summed E-state index contributed by atoms with van der Waals surface area (Å²) in [5.74, 6) is 0.798. The molecule has 2 heterocycles. The average Bonchev–Trinajstić information content (AvgIpc) is 2.78.